The number of nitriles is 1. The number of ketones is 1. The maximum absolute atomic E-state index is 13.8. The van der Waals surface area contributed by atoms with Crippen molar-refractivity contribution in [2.24, 2.45) is 0 Å². The van der Waals surface area contributed by atoms with Crippen molar-refractivity contribution in [1.82, 2.24) is 0 Å². The fourth-order valence-corrected chi connectivity index (χ4v) is 4.72. The predicted molar refractivity (Wildman–Crippen MR) is 142 cm³/mol. The van der Waals surface area contributed by atoms with Gasteiger partial charge < -0.3 is 14.3 Å². The van der Waals surface area contributed by atoms with Crippen LogP contribution in [0.4, 0.5) is 5.69 Å². The number of benzene rings is 3. The molecule has 1 aliphatic rings. The fraction of sp³-hybridized carbons (Fsp3) is 0.138. The molecule has 0 bridgehead atoms. The molecule has 4 aromatic rings. The van der Waals surface area contributed by atoms with E-state index in [0.717, 1.165) is 10.9 Å². The van der Waals surface area contributed by atoms with Crippen molar-refractivity contribution in [1.29, 1.82) is 5.26 Å². The second-order valence-corrected chi connectivity index (χ2v) is 9.45. The summed E-state index contributed by atoms with van der Waals surface area (Å²) in [6, 6.07) is 21.5. The maximum atomic E-state index is 13.8. The molecule has 0 radical (unpaired) electrons. The highest BCUT2D eigenvalue weighted by Crippen LogP contribution is 2.42. The minimum absolute atomic E-state index is 0.0111. The van der Waals surface area contributed by atoms with Crippen LogP contribution in [0.1, 0.15) is 41.1 Å². The molecule has 1 amide bonds. The summed E-state index contributed by atoms with van der Waals surface area (Å²) < 4.78 is 12.3. The highest BCUT2D eigenvalue weighted by molar-refractivity contribution is 9.10. The lowest BCUT2D eigenvalue weighted by Gasteiger charge is -2.27. The summed E-state index contributed by atoms with van der Waals surface area (Å²) in [7, 11) is 0. The molecule has 5 rings (SSSR count). The number of carbonyl (C=O) groups excluding carboxylic acids is 2. The van der Waals surface area contributed by atoms with Crippen LogP contribution in [-0.4, -0.2) is 23.4 Å². The summed E-state index contributed by atoms with van der Waals surface area (Å²) in [4.78, 5) is 28.5. The number of aliphatic hydroxyl groups is 1. The number of carbonyl (C=O) groups is 2. The van der Waals surface area contributed by atoms with Crippen molar-refractivity contribution in [2.75, 3.05) is 11.5 Å². The normalized spacial score (nSPS) is 15.3. The predicted octanol–water partition coefficient (Wildman–Crippen LogP) is 6.64. The van der Waals surface area contributed by atoms with Crippen LogP contribution in [0.5, 0.6) is 5.75 Å². The van der Waals surface area contributed by atoms with Crippen LogP contribution < -0.4 is 9.64 Å². The Balaban J connectivity index is 1.61. The molecule has 37 heavy (non-hydrogen) atoms. The third-order valence-electron chi connectivity index (χ3n) is 6.10. The van der Waals surface area contributed by atoms with E-state index in [1.807, 2.05) is 19.1 Å². The van der Waals surface area contributed by atoms with Gasteiger partial charge in [0.15, 0.2) is 11.5 Å². The first-order valence-electron chi connectivity index (χ1n) is 11.6. The highest BCUT2D eigenvalue weighted by atomic mass is 79.9. The van der Waals surface area contributed by atoms with Crippen LogP contribution in [0, 0.1) is 11.3 Å². The Labute approximate surface area is 221 Å². The molecule has 8 heteroatoms. The first-order valence-corrected chi connectivity index (χ1v) is 12.4. The number of fused-ring (bicyclic) bond motifs is 1. The van der Waals surface area contributed by atoms with Crippen LogP contribution >= 0.6 is 15.9 Å². The van der Waals surface area contributed by atoms with E-state index in [2.05, 4.69) is 15.9 Å². The maximum Gasteiger partial charge on any atom is 0.294 e. The highest BCUT2D eigenvalue weighted by Gasteiger charge is 2.45. The van der Waals surface area contributed by atoms with Gasteiger partial charge in [0.2, 0.25) is 5.78 Å². The van der Waals surface area contributed by atoms with Gasteiger partial charge >= 0.3 is 0 Å². The number of hydrogen-bond donors (Lipinski definition) is 1. The fourth-order valence-electron chi connectivity index (χ4n) is 4.34. The molecule has 1 aliphatic heterocycles. The van der Waals surface area contributed by atoms with Gasteiger partial charge in [0.25, 0.3) is 5.91 Å². The molecular formula is C29H21BrN2O5. The summed E-state index contributed by atoms with van der Waals surface area (Å²) >= 11 is 3.41. The van der Waals surface area contributed by atoms with Gasteiger partial charge in [-0.2, -0.15) is 5.26 Å². The number of ether oxygens (including phenoxy) is 1. The topological polar surface area (TPSA) is 104 Å². The Hall–Kier alpha value is -4.35. The van der Waals surface area contributed by atoms with E-state index < -0.39 is 23.5 Å². The van der Waals surface area contributed by atoms with Crippen molar-refractivity contribution in [3.8, 4) is 11.8 Å². The van der Waals surface area contributed by atoms with Gasteiger partial charge in [0.05, 0.1) is 29.9 Å². The van der Waals surface area contributed by atoms with Crippen LogP contribution in [0.3, 0.4) is 0 Å². The van der Waals surface area contributed by atoms with E-state index in [-0.39, 0.29) is 11.3 Å². The van der Waals surface area contributed by atoms with Gasteiger partial charge in [-0.05, 0) is 72.6 Å². The molecule has 3 aromatic carbocycles. The minimum atomic E-state index is -0.923. The Bertz CT molecular complexity index is 1580. The zero-order chi connectivity index (χ0) is 26.1. The Kier molecular flexibility index (Phi) is 6.55. The van der Waals surface area contributed by atoms with Crippen LogP contribution in [0.25, 0.3) is 11.0 Å². The number of Topliss-reactive ketones (excluding diaryl/α,β-unsaturated/α-hetero) is 1. The SMILES string of the molecule is CCCOc1ccc(C2C(C(=O)c3cc4cc(Br)ccc4o3)=C(O)C(=O)N2c2ccc(C#N)cc2)cc1. The number of rotatable bonds is 7. The minimum Gasteiger partial charge on any atom is -0.503 e. The second-order valence-electron chi connectivity index (χ2n) is 8.54. The smallest absolute Gasteiger partial charge is 0.294 e. The zero-order valence-electron chi connectivity index (χ0n) is 19.8. The van der Waals surface area contributed by atoms with Gasteiger partial charge in [0.1, 0.15) is 11.3 Å². The van der Waals surface area contributed by atoms with Gasteiger partial charge in [-0.15, -0.1) is 0 Å². The molecule has 1 atom stereocenters. The van der Waals surface area contributed by atoms with Crippen LogP contribution in [0.15, 0.2) is 93.0 Å². The number of aliphatic hydroxyl groups excluding tert-OH is 1. The molecular weight excluding hydrogens is 536 g/mol. The molecule has 1 N–H and O–H groups in total. The molecule has 2 heterocycles. The molecule has 0 aliphatic carbocycles. The van der Waals surface area contributed by atoms with Gasteiger partial charge in [-0.25, -0.2) is 0 Å². The summed E-state index contributed by atoms with van der Waals surface area (Å²) in [5, 5.41) is 20.9. The lowest BCUT2D eigenvalue weighted by molar-refractivity contribution is -0.117. The van der Waals surface area contributed by atoms with Crippen LogP contribution in [-0.2, 0) is 4.79 Å². The lowest BCUT2D eigenvalue weighted by atomic mass is 9.94. The summed E-state index contributed by atoms with van der Waals surface area (Å²) in [6.45, 7) is 2.57. The van der Waals surface area contributed by atoms with Gasteiger partial charge in [0, 0.05) is 15.5 Å². The number of furan rings is 1. The standard InChI is InChI=1S/C29H21BrN2O5/c1-2-13-36-22-10-5-18(6-11-22)26-25(27(33)24-15-19-14-20(30)7-12-23(19)37-24)28(34)29(35)32(26)21-8-3-17(16-31)4-9-21/h3-12,14-15,26,34H,2,13H2,1H3. The molecule has 0 saturated carbocycles. The van der Waals surface area contributed by atoms with E-state index in [9.17, 15) is 20.0 Å². The van der Waals surface area contributed by atoms with Crippen molar-refractivity contribution in [3.63, 3.8) is 0 Å². The molecule has 1 unspecified atom stereocenters. The average molecular weight is 557 g/mol. The molecule has 184 valence electrons. The zero-order valence-corrected chi connectivity index (χ0v) is 21.4. The van der Waals surface area contributed by atoms with Gasteiger partial charge in [-0.3, -0.25) is 14.5 Å². The molecule has 1 aromatic heterocycles. The molecule has 0 spiro atoms. The Morgan fingerprint density at radius 2 is 1.84 bits per heavy atom. The lowest BCUT2D eigenvalue weighted by Crippen LogP contribution is -2.31. The van der Waals surface area contributed by atoms with Crippen molar-refractivity contribution >= 4 is 44.3 Å². The van der Waals surface area contributed by atoms with Crippen molar-refractivity contribution < 1.29 is 23.8 Å². The monoisotopic (exact) mass is 556 g/mol. The summed E-state index contributed by atoms with van der Waals surface area (Å²) in [6.07, 6.45) is 0.856. The largest absolute Gasteiger partial charge is 0.503 e. The first kappa shape index (κ1) is 24.3. The number of hydrogen-bond acceptors (Lipinski definition) is 6. The number of halogens is 1. The average Bonchev–Trinajstić information content (AvgIpc) is 3.45. The third kappa shape index (κ3) is 4.50. The molecule has 0 saturated heterocycles. The molecule has 0 fully saturated rings. The van der Waals surface area contributed by atoms with E-state index in [0.29, 0.717) is 40.1 Å². The van der Waals surface area contributed by atoms with Gasteiger partial charge in [-0.1, -0.05) is 35.0 Å². The number of amides is 1. The number of nitrogens with zero attached hydrogens (tertiary/aromatic N) is 2. The Morgan fingerprint density at radius 3 is 2.51 bits per heavy atom. The quantitative estimate of drug-likeness (QED) is 0.256. The van der Waals surface area contributed by atoms with E-state index in [1.165, 1.54) is 4.90 Å². The summed E-state index contributed by atoms with van der Waals surface area (Å²) in [5.41, 5.74) is 1.88. The Morgan fingerprint density at radius 1 is 1.11 bits per heavy atom. The van der Waals surface area contributed by atoms with E-state index in [1.54, 1.807) is 66.7 Å². The molecule has 7 nitrogen and oxygen atoms in total. The summed E-state index contributed by atoms with van der Waals surface area (Å²) in [5.74, 6) is -1.29. The number of anilines is 1. The second kappa shape index (κ2) is 9.96. The van der Waals surface area contributed by atoms with Crippen LogP contribution in [0.2, 0.25) is 0 Å². The third-order valence-corrected chi connectivity index (χ3v) is 6.59. The first-order chi connectivity index (χ1) is 17.9. The van der Waals surface area contributed by atoms with E-state index >= 15 is 0 Å². The van der Waals surface area contributed by atoms with E-state index in [4.69, 9.17) is 9.15 Å². The van der Waals surface area contributed by atoms with Crippen molar-refractivity contribution in [2.45, 2.75) is 19.4 Å². The van der Waals surface area contributed by atoms with Crippen molar-refractivity contribution in [3.05, 3.63) is 105 Å².